The molecule has 136 valence electrons. The molecule has 0 aliphatic carbocycles. The van der Waals surface area contributed by atoms with Gasteiger partial charge in [0.05, 0.1) is 10.5 Å². The Balaban J connectivity index is 1.68. The van der Waals surface area contributed by atoms with Crippen molar-refractivity contribution in [2.45, 2.75) is 13.5 Å². The Hall–Kier alpha value is -3.67. The van der Waals surface area contributed by atoms with Gasteiger partial charge in [0.1, 0.15) is 18.1 Å². The van der Waals surface area contributed by atoms with Crippen LogP contribution in [-0.2, 0) is 11.3 Å². The maximum absolute atomic E-state index is 12.3. The SMILES string of the molecule is Cc1c(C(=O)OCc2cccc(Oc3ccccc3)c2)cccc1[N+](=O)[O-]. The average molecular weight is 363 g/mol. The van der Waals surface area contributed by atoms with Crippen molar-refractivity contribution >= 4 is 11.7 Å². The molecule has 0 unspecified atom stereocenters. The van der Waals surface area contributed by atoms with E-state index in [1.165, 1.54) is 25.1 Å². The molecular weight excluding hydrogens is 346 g/mol. The summed E-state index contributed by atoms with van der Waals surface area (Å²) in [5.74, 6) is 0.728. The van der Waals surface area contributed by atoms with Crippen LogP contribution in [0.15, 0.2) is 72.8 Å². The van der Waals surface area contributed by atoms with Gasteiger partial charge in [-0.2, -0.15) is 0 Å². The van der Waals surface area contributed by atoms with E-state index in [0.29, 0.717) is 11.5 Å². The molecule has 0 spiro atoms. The Kier molecular flexibility index (Phi) is 5.47. The third kappa shape index (κ3) is 4.49. The van der Waals surface area contributed by atoms with Crippen LogP contribution in [-0.4, -0.2) is 10.9 Å². The second-order valence-electron chi connectivity index (χ2n) is 5.85. The van der Waals surface area contributed by atoms with Crippen molar-refractivity contribution in [3.05, 3.63) is 99.6 Å². The monoisotopic (exact) mass is 363 g/mol. The summed E-state index contributed by atoms with van der Waals surface area (Å²) in [6.45, 7) is 1.57. The van der Waals surface area contributed by atoms with Gasteiger partial charge in [0.2, 0.25) is 0 Å². The lowest BCUT2D eigenvalue weighted by molar-refractivity contribution is -0.385. The van der Waals surface area contributed by atoms with Gasteiger partial charge in [0.15, 0.2) is 0 Å². The first-order valence-electron chi connectivity index (χ1n) is 8.27. The molecule has 0 atom stereocenters. The highest BCUT2D eigenvalue weighted by atomic mass is 16.6. The minimum absolute atomic E-state index is 0.0347. The summed E-state index contributed by atoms with van der Waals surface area (Å²) in [7, 11) is 0. The van der Waals surface area contributed by atoms with Crippen molar-refractivity contribution in [1.29, 1.82) is 0 Å². The van der Waals surface area contributed by atoms with Crippen molar-refractivity contribution in [3.63, 3.8) is 0 Å². The lowest BCUT2D eigenvalue weighted by Gasteiger charge is -2.09. The zero-order valence-electron chi connectivity index (χ0n) is 14.6. The number of nitro groups is 1. The first-order chi connectivity index (χ1) is 13.0. The number of nitrogens with zero attached hydrogens (tertiary/aromatic N) is 1. The highest BCUT2D eigenvalue weighted by molar-refractivity contribution is 5.92. The summed E-state index contributed by atoms with van der Waals surface area (Å²) in [5.41, 5.74) is 1.11. The summed E-state index contributed by atoms with van der Waals surface area (Å²) in [4.78, 5) is 22.8. The molecule has 0 heterocycles. The molecule has 6 heteroatoms. The van der Waals surface area contributed by atoms with Crippen LogP contribution < -0.4 is 4.74 Å². The molecule has 0 aromatic heterocycles. The fourth-order valence-corrected chi connectivity index (χ4v) is 2.59. The third-order valence-electron chi connectivity index (χ3n) is 3.97. The van der Waals surface area contributed by atoms with E-state index in [4.69, 9.17) is 9.47 Å². The molecule has 0 N–H and O–H groups in total. The molecule has 0 radical (unpaired) electrons. The Labute approximate surface area is 156 Å². The summed E-state index contributed by atoms with van der Waals surface area (Å²) in [6.07, 6.45) is 0. The lowest BCUT2D eigenvalue weighted by Crippen LogP contribution is -2.08. The van der Waals surface area contributed by atoms with Crippen molar-refractivity contribution in [1.82, 2.24) is 0 Å². The van der Waals surface area contributed by atoms with Crippen LogP contribution in [0.25, 0.3) is 0 Å². The number of esters is 1. The van der Waals surface area contributed by atoms with E-state index in [2.05, 4.69) is 0 Å². The molecule has 0 amide bonds. The van der Waals surface area contributed by atoms with Crippen LogP contribution >= 0.6 is 0 Å². The number of para-hydroxylation sites is 1. The van der Waals surface area contributed by atoms with Crippen LogP contribution in [0.4, 0.5) is 5.69 Å². The molecule has 6 nitrogen and oxygen atoms in total. The molecule has 0 aliphatic heterocycles. The van der Waals surface area contributed by atoms with Gasteiger partial charge in [0.25, 0.3) is 5.69 Å². The van der Waals surface area contributed by atoms with Crippen molar-refractivity contribution in [3.8, 4) is 11.5 Å². The van der Waals surface area contributed by atoms with Crippen LogP contribution in [0.1, 0.15) is 21.5 Å². The Bertz CT molecular complexity index is 969. The smallest absolute Gasteiger partial charge is 0.338 e. The molecule has 0 aliphatic rings. The van der Waals surface area contributed by atoms with Gasteiger partial charge in [-0.05, 0) is 42.8 Å². The number of carbonyl (C=O) groups excluding carboxylic acids is 1. The molecule has 0 saturated heterocycles. The van der Waals surface area contributed by atoms with Crippen molar-refractivity contribution in [2.24, 2.45) is 0 Å². The van der Waals surface area contributed by atoms with Gasteiger partial charge in [0, 0.05) is 11.6 Å². The second-order valence-corrected chi connectivity index (χ2v) is 5.85. The van der Waals surface area contributed by atoms with E-state index in [-0.39, 0.29) is 23.4 Å². The highest BCUT2D eigenvalue weighted by Gasteiger charge is 2.19. The maximum atomic E-state index is 12.3. The van der Waals surface area contributed by atoms with E-state index in [1.54, 1.807) is 12.1 Å². The zero-order valence-corrected chi connectivity index (χ0v) is 14.6. The lowest BCUT2D eigenvalue weighted by atomic mass is 10.1. The molecule has 3 rings (SSSR count). The minimum Gasteiger partial charge on any atom is -0.457 e. The highest BCUT2D eigenvalue weighted by Crippen LogP contribution is 2.24. The summed E-state index contributed by atoms with van der Waals surface area (Å²) in [6, 6.07) is 20.9. The van der Waals surface area contributed by atoms with Gasteiger partial charge in [-0.1, -0.05) is 36.4 Å². The first kappa shape index (κ1) is 18.1. The molecular formula is C21H17NO5. The fourth-order valence-electron chi connectivity index (χ4n) is 2.59. The topological polar surface area (TPSA) is 78.7 Å². The largest absolute Gasteiger partial charge is 0.457 e. The predicted octanol–water partition coefficient (Wildman–Crippen LogP) is 5.05. The van der Waals surface area contributed by atoms with Crippen LogP contribution in [0.2, 0.25) is 0 Å². The fraction of sp³-hybridized carbons (Fsp3) is 0.0952. The molecule has 3 aromatic carbocycles. The number of benzene rings is 3. The third-order valence-corrected chi connectivity index (χ3v) is 3.97. The van der Waals surface area contributed by atoms with E-state index < -0.39 is 10.9 Å². The van der Waals surface area contributed by atoms with E-state index >= 15 is 0 Å². The second kappa shape index (κ2) is 8.14. The number of ether oxygens (including phenoxy) is 2. The number of hydrogen-bond acceptors (Lipinski definition) is 5. The Morgan fingerprint density at radius 1 is 0.963 bits per heavy atom. The van der Waals surface area contributed by atoms with Gasteiger partial charge < -0.3 is 9.47 Å². The van der Waals surface area contributed by atoms with E-state index in [1.807, 2.05) is 42.5 Å². The van der Waals surface area contributed by atoms with Crippen LogP contribution in [0, 0.1) is 17.0 Å². The molecule has 0 saturated carbocycles. The number of carbonyl (C=O) groups is 1. The van der Waals surface area contributed by atoms with E-state index in [9.17, 15) is 14.9 Å². The number of rotatable bonds is 6. The predicted molar refractivity (Wildman–Crippen MR) is 99.9 cm³/mol. The van der Waals surface area contributed by atoms with Gasteiger partial charge in [-0.3, -0.25) is 10.1 Å². The molecule has 0 bridgehead atoms. The first-order valence-corrected chi connectivity index (χ1v) is 8.27. The molecule has 3 aromatic rings. The molecule has 27 heavy (non-hydrogen) atoms. The van der Waals surface area contributed by atoms with Gasteiger partial charge in [-0.25, -0.2) is 4.79 Å². The number of nitro benzene ring substituents is 1. The van der Waals surface area contributed by atoms with Crippen LogP contribution in [0.3, 0.4) is 0 Å². The summed E-state index contributed by atoms with van der Waals surface area (Å²) < 4.78 is 11.1. The van der Waals surface area contributed by atoms with Gasteiger partial charge in [-0.15, -0.1) is 0 Å². The maximum Gasteiger partial charge on any atom is 0.338 e. The Morgan fingerprint density at radius 3 is 2.41 bits per heavy atom. The standard InChI is InChI=1S/C21H17NO5/c1-15-19(11-6-12-20(15)22(24)25)21(23)26-14-16-7-5-10-18(13-16)27-17-8-3-2-4-9-17/h2-13H,14H2,1H3. The Morgan fingerprint density at radius 2 is 1.67 bits per heavy atom. The van der Waals surface area contributed by atoms with E-state index in [0.717, 1.165) is 5.56 Å². The minimum atomic E-state index is -0.606. The van der Waals surface area contributed by atoms with Gasteiger partial charge >= 0.3 is 5.97 Å². The quantitative estimate of drug-likeness (QED) is 0.348. The summed E-state index contributed by atoms with van der Waals surface area (Å²) in [5, 5.41) is 11.0. The normalized spacial score (nSPS) is 10.3. The molecule has 0 fully saturated rings. The average Bonchev–Trinajstić information content (AvgIpc) is 2.67. The number of hydrogen-bond donors (Lipinski definition) is 0. The van der Waals surface area contributed by atoms with Crippen molar-refractivity contribution in [2.75, 3.05) is 0 Å². The van der Waals surface area contributed by atoms with Crippen LogP contribution in [0.5, 0.6) is 11.5 Å². The van der Waals surface area contributed by atoms with Crippen molar-refractivity contribution < 1.29 is 19.2 Å². The zero-order chi connectivity index (χ0) is 19.2. The summed E-state index contributed by atoms with van der Waals surface area (Å²) >= 11 is 0.